The molecule has 0 bridgehead atoms. The smallest absolute Gasteiger partial charge is 0.337 e. The van der Waals surface area contributed by atoms with Crippen LogP contribution in [0, 0.1) is 0 Å². The molecule has 130 valence electrons. The molecule has 0 aliphatic heterocycles. The topological polar surface area (TPSA) is 52.3 Å². The number of fused-ring (bicyclic) bond motifs is 1. The van der Waals surface area contributed by atoms with E-state index in [0.717, 1.165) is 29.7 Å². The quantitative estimate of drug-likeness (QED) is 0.580. The van der Waals surface area contributed by atoms with Crippen LogP contribution in [0.25, 0.3) is 0 Å². The normalized spacial score (nSPS) is 11.4. The van der Waals surface area contributed by atoms with Gasteiger partial charge in [0.05, 0.1) is 17.7 Å². The Labute approximate surface area is 153 Å². The van der Waals surface area contributed by atoms with Crippen molar-refractivity contribution in [2.45, 2.75) is 38.0 Å². The Balaban J connectivity index is 0.000000230. The Kier molecular flexibility index (Phi) is 9.53. The largest absolute Gasteiger partial charge is 0.465 e. The molecule has 3 rings (SSSR count). The average Bonchev–Trinajstić information content (AvgIpc) is 3.11. The Morgan fingerprint density at radius 3 is 2.38 bits per heavy atom. The van der Waals surface area contributed by atoms with Crippen LogP contribution in [-0.2, 0) is 17.6 Å². The van der Waals surface area contributed by atoms with Crippen LogP contribution < -0.4 is 5.14 Å². The highest BCUT2D eigenvalue weighted by atomic mass is 35.5. The summed E-state index contributed by atoms with van der Waals surface area (Å²) in [5, 5.41) is 6.00. The van der Waals surface area contributed by atoms with E-state index in [2.05, 4.69) is 4.74 Å². The molecule has 0 heterocycles. The molecule has 1 aliphatic rings. The van der Waals surface area contributed by atoms with Gasteiger partial charge in [0.25, 0.3) is 0 Å². The fourth-order valence-electron chi connectivity index (χ4n) is 2.36. The monoisotopic (exact) mass is 365 g/mol. The summed E-state index contributed by atoms with van der Waals surface area (Å²) >= 11 is 6.89. The van der Waals surface area contributed by atoms with Gasteiger partial charge >= 0.3 is 5.97 Å². The molecule has 0 unspecified atom stereocenters. The molecule has 0 spiro atoms. The van der Waals surface area contributed by atoms with Gasteiger partial charge in [-0.25, -0.2) is 4.79 Å². The van der Waals surface area contributed by atoms with Crippen molar-refractivity contribution in [3.05, 3.63) is 64.2 Å². The molecule has 0 aromatic heterocycles. The summed E-state index contributed by atoms with van der Waals surface area (Å²) in [4.78, 5) is 12.1. The van der Waals surface area contributed by atoms with E-state index < -0.39 is 0 Å². The van der Waals surface area contributed by atoms with Crippen molar-refractivity contribution in [2.24, 2.45) is 5.14 Å². The van der Waals surface area contributed by atoms with Crippen molar-refractivity contribution in [3.8, 4) is 0 Å². The first-order valence-electron chi connectivity index (χ1n) is 7.97. The molecular weight excluding hydrogens is 342 g/mol. The SMILES string of the molecule is CC.COC(=O)c1ccc2c(c1)CCC2.NSc1ccccc1Cl. The van der Waals surface area contributed by atoms with Gasteiger partial charge in [-0.05, 0) is 66.6 Å². The van der Waals surface area contributed by atoms with Gasteiger partial charge in [-0.1, -0.05) is 43.6 Å². The van der Waals surface area contributed by atoms with E-state index in [1.165, 1.54) is 24.7 Å². The van der Waals surface area contributed by atoms with Gasteiger partial charge in [-0.2, -0.15) is 0 Å². The predicted octanol–water partition coefficient (Wildman–Crippen LogP) is 5.29. The van der Waals surface area contributed by atoms with Crippen LogP contribution in [-0.4, -0.2) is 13.1 Å². The third-order valence-corrected chi connectivity index (χ3v) is 4.53. The number of benzene rings is 2. The third kappa shape index (κ3) is 5.86. The van der Waals surface area contributed by atoms with Gasteiger partial charge in [-0.15, -0.1) is 0 Å². The molecule has 24 heavy (non-hydrogen) atoms. The minimum absolute atomic E-state index is 0.241. The van der Waals surface area contributed by atoms with Crippen molar-refractivity contribution in [2.75, 3.05) is 7.11 Å². The van der Waals surface area contributed by atoms with Crippen LogP contribution in [0.4, 0.5) is 0 Å². The zero-order valence-corrected chi connectivity index (χ0v) is 15.9. The average molecular weight is 366 g/mol. The summed E-state index contributed by atoms with van der Waals surface area (Å²) in [5.74, 6) is -0.241. The molecule has 1 aliphatic carbocycles. The number of ether oxygens (including phenoxy) is 1. The maximum atomic E-state index is 11.2. The van der Waals surface area contributed by atoms with E-state index in [-0.39, 0.29) is 5.97 Å². The Morgan fingerprint density at radius 1 is 1.12 bits per heavy atom. The molecule has 3 nitrogen and oxygen atoms in total. The molecule has 0 atom stereocenters. The molecule has 2 aromatic carbocycles. The molecule has 0 radical (unpaired) electrons. The molecule has 0 saturated heterocycles. The van der Waals surface area contributed by atoms with Crippen molar-refractivity contribution in [1.82, 2.24) is 0 Å². The number of hydrogen-bond donors (Lipinski definition) is 1. The molecule has 2 N–H and O–H groups in total. The van der Waals surface area contributed by atoms with Gasteiger partial charge < -0.3 is 4.74 Å². The summed E-state index contributed by atoms with van der Waals surface area (Å²) in [7, 11) is 1.41. The Morgan fingerprint density at radius 2 is 1.79 bits per heavy atom. The number of carbonyl (C=O) groups excluding carboxylic acids is 1. The van der Waals surface area contributed by atoms with Gasteiger partial charge in [-0.3, -0.25) is 5.14 Å². The molecule has 0 amide bonds. The number of carbonyl (C=O) groups is 1. The molecular formula is C19H24ClNO2S. The van der Waals surface area contributed by atoms with Crippen molar-refractivity contribution in [1.29, 1.82) is 0 Å². The van der Waals surface area contributed by atoms with Gasteiger partial charge in [0.2, 0.25) is 0 Å². The van der Waals surface area contributed by atoms with Crippen molar-refractivity contribution in [3.63, 3.8) is 0 Å². The van der Waals surface area contributed by atoms with E-state index >= 15 is 0 Å². The minimum atomic E-state index is -0.241. The highest BCUT2D eigenvalue weighted by Crippen LogP contribution is 2.23. The number of aryl methyl sites for hydroxylation is 2. The first-order valence-corrected chi connectivity index (χ1v) is 9.23. The van der Waals surface area contributed by atoms with Crippen LogP contribution in [0.5, 0.6) is 0 Å². The lowest BCUT2D eigenvalue weighted by Crippen LogP contribution is -2.01. The summed E-state index contributed by atoms with van der Waals surface area (Å²) in [6.45, 7) is 4.00. The van der Waals surface area contributed by atoms with Gasteiger partial charge in [0.1, 0.15) is 0 Å². The summed E-state index contributed by atoms with van der Waals surface area (Å²) < 4.78 is 4.66. The van der Waals surface area contributed by atoms with Crippen molar-refractivity contribution >= 4 is 29.5 Å². The summed E-state index contributed by atoms with van der Waals surface area (Å²) in [6, 6.07) is 13.3. The number of methoxy groups -OCH3 is 1. The van der Waals surface area contributed by atoms with Crippen LogP contribution in [0.2, 0.25) is 5.02 Å². The highest BCUT2D eigenvalue weighted by Gasteiger charge is 2.13. The Bertz CT molecular complexity index is 662. The third-order valence-electron chi connectivity index (χ3n) is 3.48. The number of nitrogens with two attached hydrogens (primary N) is 1. The predicted molar refractivity (Wildman–Crippen MR) is 103 cm³/mol. The lowest BCUT2D eigenvalue weighted by molar-refractivity contribution is 0.0600. The standard InChI is InChI=1S/C11H12O2.C6H6ClNS.C2H6/c1-13-11(12)10-6-5-8-3-2-4-9(8)7-10;7-5-3-1-2-4-6(5)9-8;1-2/h5-7H,2-4H2,1H3;1-4H,8H2;1-2H3. The fourth-order valence-corrected chi connectivity index (χ4v) is 2.96. The number of halogens is 1. The van der Waals surface area contributed by atoms with Crippen LogP contribution >= 0.6 is 23.5 Å². The first kappa shape index (κ1) is 20.6. The zero-order chi connectivity index (χ0) is 17.9. The van der Waals surface area contributed by atoms with Crippen molar-refractivity contribution < 1.29 is 9.53 Å². The zero-order valence-electron chi connectivity index (χ0n) is 14.3. The molecule has 0 fully saturated rings. The van der Waals surface area contributed by atoms with Crippen LogP contribution in [0.15, 0.2) is 47.4 Å². The number of hydrogen-bond acceptors (Lipinski definition) is 4. The second-order valence-electron chi connectivity index (χ2n) is 4.88. The number of rotatable bonds is 2. The summed E-state index contributed by atoms with van der Waals surface area (Å²) in [5.41, 5.74) is 3.36. The second-order valence-corrected chi connectivity index (χ2v) is 5.96. The Hall–Kier alpha value is -1.49. The van der Waals surface area contributed by atoms with Crippen LogP contribution in [0.1, 0.15) is 41.8 Å². The van der Waals surface area contributed by atoms with Gasteiger partial charge in [0, 0.05) is 4.90 Å². The lowest BCUT2D eigenvalue weighted by atomic mass is 10.1. The maximum absolute atomic E-state index is 11.2. The van der Waals surface area contributed by atoms with Crippen LogP contribution in [0.3, 0.4) is 0 Å². The maximum Gasteiger partial charge on any atom is 0.337 e. The molecule has 5 heteroatoms. The molecule has 2 aromatic rings. The van der Waals surface area contributed by atoms with E-state index in [0.29, 0.717) is 10.6 Å². The fraction of sp³-hybridized carbons (Fsp3) is 0.316. The first-order chi connectivity index (χ1) is 11.7. The number of esters is 1. The van der Waals surface area contributed by atoms with E-state index in [1.807, 2.05) is 56.3 Å². The minimum Gasteiger partial charge on any atom is -0.465 e. The van der Waals surface area contributed by atoms with E-state index in [9.17, 15) is 4.79 Å². The van der Waals surface area contributed by atoms with E-state index in [4.69, 9.17) is 16.7 Å². The van der Waals surface area contributed by atoms with Gasteiger partial charge in [0.15, 0.2) is 0 Å². The van der Waals surface area contributed by atoms with E-state index in [1.54, 1.807) is 0 Å². The molecule has 0 saturated carbocycles. The summed E-state index contributed by atoms with van der Waals surface area (Å²) in [6.07, 6.45) is 3.46. The highest BCUT2D eigenvalue weighted by molar-refractivity contribution is 7.97. The second kappa shape index (κ2) is 11.1. The lowest BCUT2D eigenvalue weighted by Gasteiger charge is -2.02.